The van der Waals surface area contributed by atoms with Gasteiger partial charge in [0.25, 0.3) is 5.91 Å². The van der Waals surface area contributed by atoms with E-state index in [0.717, 1.165) is 29.8 Å². The van der Waals surface area contributed by atoms with E-state index >= 15 is 0 Å². The van der Waals surface area contributed by atoms with Gasteiger partial charge in [0, 0.05) is 30.9 Å². The zero-order valence-electron chi connectivity index (χ0n) is 16.3. The molecule has 0 spiro atoms. The van der Waals surface area contributed by atoms with Crippen LogP contribution < -0.4 is 10.5 Å². The number of benzene rings is 2. The van der Waals surface area contributed by atoms with Crippen molar-refractivity contribution in [1.29, 1.82) is 0 Å². The number of hydrogen-bond donors (Lipinski definition) is 1. The van der Waals surface area contributed by atoms with Gasteiger partial charge in [-0.2, -0.15) is 5.10 Å². The van der Waals surface area contributed by atoms with Crippen molar-refractivity contribution in [1.82, 2.24) is 14.7 Å². The molecule has 0 bridgehead atoms. The lowest BCUT2D eigenvalue weighted by Gasteiger charge is -2.30. The van der Waals surface area contributed by atoms with Crippen LogP contribution in [-0.4, -0.2) is 46.8 Å². The van der Waals surface area contributed by atoms with E-state index in [0.29, 0.717) is 24.3 Å². The summed E-state index contributed by atoms with van der Waals surface area (Å²) in [6.45, 7) is 1.35. The molecule has 1 aliphatic heterocycles. The zero-order chi connectivity index (χ0) is 19.5. The smallest absolute Gasteiger partial charge is 0.257 e. The van der Waals surface area contributed by atoms with E-state index in [9.17, 15) is 4.79 Å². The molecule has 1 aromatic heterocycles. The van der Waals surface area contributed by atoms with Crippen molar-refractivity contribution < 1.29 is 9.53 Å². The van der Waals surface area contributed by atoms with Gasteiger partial charge in [0.05, 0.1) is 18.4 Å². The second-order valence-corrected chi connectivity index (χ2v) is 7.03. The van der Waals surface area contributed by atoms with Crippen LogP contribution in [0.4, 0.5) is 0 Å². The molecule has 0 saturated carbocycles. The number of ether oxygens (including phenoxy) is 1. The van der Waals surface area contributed by atoms with E-state index in [1.165, 1.54) is 0 Å². The van der Waals surface area contributed by atoms with E-state index < -0.39 is 0 Å². The summed E-state index contributed by atoms with van der Waals surface area (Å²) < 4.78 is 7.11. The number of halogens is 1. The number of carbonyl (C=O) groups excluding carboxylic acids is 1. The third-order valence-electron chi connectivity index (χ3n) is 5.14. The Hall–Kier alpha value is -2.83. The van der Waals surface area contributed by atoms with Crippen LogP contribution in [0.2, 0.25) is 0 Å². The third-order valence-corrected chi connectivity index (χ3v) is 5.14. The van der Waals surface area contributed by atoms with Crippen LogP contribution in [0, 0.1) is 0 Å². The summed E-state index contributed by atoms with van der Waals surface area (Å²) in [5.41, 5.74) is 9.01. The van der Waals surface area contributed by atoms with Gasteiger partial charge in [-0.15, -0.1) is 12.4 Å². The predicted molar refractivity (Wildman–Crippen MR) is 116 cm³/mol. The maximum atomic E-state index is 13.3. The van der Waals surface area contributed by atoms with Crippen molar-refractivity contribution >= 4 is 18.3 Å². The molecular formula is C22H25ClN4O2. The molecule has 1 aliphatic rings. The normalized spacial score (nSPS) is 14.3. The number of amides is 1. The fraction of sp³-hybridized carbons (Fsp3) is 0.273. The number of methoxy groups -OCH3 is 1. The zero-order valence-corrected chi connectivity index (χ0v) is 17.1. The Labute approximate surface area is 176 Å². The van der Waals surface area contributed by atoms with Crippen LogP contribution in [0.5, 0.6) is 5.75 Å². The topological polar surface area (TPSA) is 73.4 Å². The van der Waals surface area contributed by atoms with Gasteiger partial charge >= 0.3 is 0 Å². The largest absolute Gasteiger partial charge is 0.497 e. The van der Waals surface area contributed by atoms with Gasteiger partial charge in [-0.3, -0.25) is 4.79 Å². The first kappa shape index (κ1) is 20.9. The molecule has 152 valence electrons. The second-order valence-electron chi connectivity index (χ2n) is 7.03. The van der Waals surface area contributed by atoms with E-state index in [1.807, 2.05) is 65.7 Å². The Morgan fingerprint density at radius 1 is 1.10 bits per heavy atom. The quantitative estimate of drug-likeness (QED) is 0.711. The Morgan fingerprint density at radius 3 is 2.52 bits per heavy atom. The van der Waals surface area contributed by atoms with E-state index in [4.69, 9.17) is 15.6 Å². The van der Waals surface area contributed by atoms with Gasteiger partial charge < -0.3 is 15.4 Å². The molecule has 0 atom stereocenters. The molecule has 3 aromatic rings. The Balaban J connectivity index is 0.00000240. The summed E-state index contributed by atoms with van der Waals surface area (Å²) in [5.74, 6) is 0.723. The van der Waals surface area contributed by atoms with Crippen LogP contribution in [0.3, 0.4) is 0 Å². The van der Waals surface area contributed by atoms with Crippen molar-refractivity contribution in [3.8, 4) is 22.7 Å². The summed E-state index contributed by atoms with van der Waals surface area (Å²) in [5, 5.41) is 4.75. The van der Waals surface area contributed by atoms with Crippen LogP contribution in [0.15, 0.2) is 60.8 Å². The van der Waals surface area contributed by atoms with Crippen molar-refractivity contribution in [2.45, 2.75) is 18.9 Å². The second kappa shape index (κ2) is 9.11. The number of hydrogen-bond acceptors (Lipinski definition) is 4. The molecule has 2 aromatic carbocycles. The first-order valence-corrected chi connectivity index (χ1v) is 9.50. The number of carbonyl (C=O) groups is 1. The Kier molecular flexibility index (Phi) is 6.56. The molecule has 29 heavy (non-hydrogen) atoms. The van der Waals surface area contributed by atoms with Crippen molar-refractivity contribution in [3.05, 3.63) is 66.4 Å². The average Bonchev–Trinajstić information content (AvgIpc) is 3.20. The van der Waals surface area contributed by atoms with Crippen LogP contribution >= 0.6 is 12.4 Å². The molecule has 6 nitrogen and oxygen atoms in total. The fourth-order valence-corrected chi connectivity index (χ4v) is 3.50. The molecule has 0 aliphatic carbocycles. The molecular weight excluding hydrogens is 388 g/mol. The fourth-order valence-electron chi connectivity index (χ4n) is 3.50. The number of nitrogens with two attached hydrogens (primary N) is 1. The molecule has 0 radical (unpaired) electrons. The maximum absolute atomic E-state index is 13.3. The predicted octanol–water partition coefficient (Wildman–Crippen LogP) is 3.53. The first-order chi connectivity index (χ1) is 13.7. The van der Waals surface area contributed by atoms with E-state index in [1.54, 1.807) is 11.8 Å². The highest BCUT2D eigenvalue weighted by molar-refractivity contribution is 6.00. The summed E-state index contributed by atoms with van der Waals surface area (Å²) in [4.78, 5) is 15.2. The average molecular weight is 413 g/mol. The summed E-state index contributed by atoms with van der Waals surface area (Å²) in [6.07, 6.45) is 3.47. The lowest BCUT2D eigenvalue weighted by molar-refractivity contribution is 0.0715. The number of para-hydroxylation sites is 1. The summed E-state index contributed by atoms with van der Waals surface area (Å²) in [7, 11) is 1.63. The highest BCUT2D eigenvalue weighted by Gasteiger charge is 2.26. The van der Waals surface area contributed by atoms with E-state index in [-0.39, 0.29) is 24.4 Å². The Morgan fingerprint density at radius 2 is 1.83 bits per heavy atom. The minimum Gasteiger partial charge on any atom is -0.497 e. The summed E-state index contributed by atoms with van der Waals surface area (Å²) in [6, 6.07) is 17.6. The van der Waals surface area contributed by atoms with Crippen LogP contribution in [0.25, 0.3) is 16.9 Å². The van der Waals surface area contributed by atoms with Gasteiger partial charge in [0.15, 0.2) is 0 Å². The maximum Gasteiger partial charge on any atom is 0.257 e. The molecule has 7 heteroatoms. The first-order valence-electron chi connectivity index (χ1n) is 9.50. The number of nitrogens with zero attached hydrogens (tertiary/aromatic N) is 3. The van der Waals surface area contributed by atoms with Crippen molar-refractivity contribution in [2.75, 3.05) is 20.2 Å². The van der Waals surface area contributed by atoms with Crippen LogP contribution in [0.1, 0.15) is 23.2 Å². The van der Waals surface area contributed by atoms with Gasteiger partial charge in [0.2, 0.25) is 0 Å². The molecule has 2 N–H and O–H groups in total. The van der Waals surface area contributed by atoms with Gasteiger partial charge in [0.1, 0.15) is 11.4 Å². The van der Waals surface area contributed by atoms with Crippen molar-refractivity contribution in [2.24, 2.45) is 5.73 Å². The number of piperidine rings is 1. The highest BCUT2D eigenvalue weighted by atomic mass is 35.5. The number of likely N-dealkylation sites (tertiary alicyclic amines) is 1. The lowest BCUT2D eigenvalue weighted by atomic mass is 10.0. The minimum absolute atomic E-state index is 0. The highest BCUT2D eigenvalue weighted by Crippen LogP contribution is 2.28. The molecule has 1 amide bonds. The SMILES string of the molecule is COc1cccc(-c2nn(-c3ccccc3)cc2C(=O)N2CCC(N)CC2)c1.Cl. The minimum atomic E-state index is -0.00750. The standard InChI is InChI=1S/C22H24N4O2.ClH/c1-28-19-9-5-6-16(14-19)21-20(22(27)25-12-10-17(23)11-13-25)15-26(24-21)18-7-3-2-4-8-18;/h2-9,14-15,17H,10-13,23H2,1H3;1H. The molecule has 4 rings (SSSR count). The van der Waals surface area contributed by atoms with Crippen molar-refractivity contribution in [3.63, 3.8) is 0 Å². The number of aromatic nitrogens is 2. The van der Waals surface area contributed by atoms with Gasteiger partial charge in [-0.1, -0.05) is 30.3 Å². The van der Waals surface area contributed by atoms with E-state index in [2.05, 4.69) is 0 Å². The monoisotopic (exact) mass is 412 g/mol. The number of rotatable bonds is 4. The van der Waals surface area contributed by atoms with Gasteiger partial charge in [-0.25, -0.2) is 4.68 Å². The third kappa shape index (κ3) is 4.44. The molecule has 1 fully saturated rings. The lowest BCUT2D eigenvalue weighted by Crippen LogP contribution is -2.42. The summed E-state index contributed by atoms with van der Waals surface area (Å²) >= 11 is 0. The molecule has 0 unspecified atom stereocenters. The van der Waals surface area contributed by atoms with Gasteiger partial charge in [-0.05, 0) is 37.1 Å². The molecule has 2 heterocycles. The molecule has 1 saturated heterocycles. The Bertz CT molecular complexity index is 966. The van der Waals surface area contributed by atoms with Crippen LogP contribution in [-0.2, 0) is 0 Å².